The Kier molecular flexibility index (Phi) is 6.25. The van der Waals surface area contributed by atoms with Gasteiger partial charge in [-0.25, -0.2) is 14.3 Å². The highest BCUT2D eigenvalue weighted by atomic mass is 16.6. The number of pyridine rings is 2. The fraction of sp³-hybridized carbons (Fsp3) is 0.433. The number of rotatable bonds is 4. The van der Waals surface area contributed by atoms with Crippen molar-refractivity contribution < 1.29 is 9.53 Å². The molecular weight excluding hydrogens is 504 g/mol. The predicted molar refractivity (Wildman–Crippen MR) is 152 cm³/mol. The van der Waals surface area contributed by atoms with E-state index in [2.05, 4.69) is 44.7 Å². The summed E-state index contributed by atoms with van der Waals surface area (Å²) in [6.07, 6.45) is 13.0. The Hall–Kier alpha value is -4.39. The molecule has 2 aliphatic rings. The maximum absolute atomic E-state index is 12.1. The molecule has 0 unspecified atom stereocenters. The van der Waals surface area contributed by atoms with Crippen molar-refractivity contribution in [1.29, 1.82) is 5.26 Å². The SMILES string of the molecule is Cn1cc(-c2cc(-c3ccc(N4CCC5(CC4)CC(NC(=O)OC(C)(C)C)C5)nc3)c3c(C#N)cnn3c2)cn1. The van der Waals surface area contributed by atoms with Gasteiger partial charge in [-0.2, -0.15) is 15.5 Å². The van der Waals surface area contributed by atoms with Crippen molar-refractivity contribution >= 4 is 17.4 Å². The Morgan fingerprint density at radius 2 is 1.85 bits per heavy atom. The first kappa shape index (κ1) is 25.9. The number of aromatic nitrogens is 5. The quantitative estimate of drug-likeness (QED) is 0.391. The number of ether oxygens (including phenoxy) is 1. The van der Waals surface area contributed by atoms with Crippen molar-refractivity contribution in [2.75, 3.05) is 18.0 Å². The number of anilines is 1. The summed E-state index contributed by atoms with van der Waals surface area (Å²) < 4.78 is 8.94. The van der Waals surface area contributed by atoms with Gasteiger partial charge in [0.1, 0.15) is 17.5 Å². The first-order valence-corrected chi connectivity index (χ1v) is 13.7. The van der Waals surface area contributed by atoms with E-state index in [0.29, 0.717) is 11.0 Å². The highest BCUT2D eigenvalue weighted by Crippen LogP contribution is 2.49. The van der Waals surface area contributed by atoms with Gasteiger partial charge in [-0.1, -0.05) is 0 Å². The predicted octanol–water partition coefficient (Wildman–Crippen LogP) is 4.94. The lowest BCUT2D eigenvalue weighted by Gasteiger charge is -2.52. The third-order valence-electron chi connectivity index (χ3n) is 8.06. The van der Waals surface area contributed by atoms with Crippen LogP contribution in [0.5, 0.6) is 0 Å². The summed E-state index contributed by atoms with van der Waals surface area (Å²) in [6, 6.07) is 8.68. The smallest absolute Gasteiger partial charge is 0.407 e. The Balaban J connectivity index is 1.15. The van der Waals surface area contributed by atoms with E-state index in [1.165, 1.54) is 0 Å². The van der Waals surface area contributed by atoms with E-state index in [9.17, 15) is 10.1 Å². The van der Waals surface area contributed by atoms with Crippen molar-refractivity contribution in [3.8, 4) is 28.3 Å². The lowest BCUT2D eigenvalue weighted by atomic mass is 9.60. The fourth-order valence-electron chi connectivity index (χ4n) is 6.06. The van der Waals surface area contributed by atoms with Gasteiger partial charge in [-0.3, -0.25) is 4.68 Å². The number of fused-ring (bicyclic) bond motifs is 1. The zero-order valence-corrected chi connectivity index (χ0v) is 23.4. The third-order valence-corrected chi connectivity index (χ3v) is 8.06. The zero-order chi connectivity index (χ0) is 28.1. The van der Waals surface area contributed by atoms with E-state index in [-0.39, 0.29) is 12.1 Å². The maximum atomic E-state index is 12.1. The number of nitrogens with zero attached hydrogens (tertiary/aromatic N) is 7. The second-order valence-electron chi connectivity index (χ2n) is 12.2. The molecule has 2 fully saturated rings. The van der Waals surface area contributed by atoms with Crippen LogP contribution in [0.2, 0.25) is 0 Å². The lowest BCUT2D eigenvalue weighted by molar-refractivity contribution is 0.0234. The summed E-state index contributed by atoms with van der Waals surface area (Å²) in [5.74, 6) is 0.954. The summed E-state index contributed by atoms with van der Waals surface area (Å²) >= 11 is 0. The molecule has 1 saturated heterocycles. The van der Waals surface area contributed by atoms with Crippen LogP contribution in [0.25, 0.3) is 27.8 Å². The van der Waals surface area contributed by atoms with Gasteiger partial charge < -0.3 is 15.0 Å². The minimum Gasteiger partial charge on any atom is -0.444 e. The molecule has 1 aliphatic carbocycles. The molecule has 1 saturated carbocycles. The van der Waals surface area contributed by atoms with Gasteiger partial charge in [-0.05, 0) is 70.1 Å². The van der Waals surface area contributed by atoms with Crippen molar-refractivity contribution in [3.63, 3.8) is 0 Å². The highest BCUT2D eigenvalue weighted by Gasteiger charge is 2.46. The van der Waals surface area contributed by atoms with Gasteiger partial charge in [0.2, 0.25) is 0 Å². The molecule has 10 nitrogen and oxygen atoms in total. The molecule has 4 aromatic rings. The van der Waals surface area contributed by atoms with E-state index in [0.717, 1.165) is 72.4 Å². The van der Waals surface area contributed by atoms with Crippen LogP contribution in [0.4, 0.5) is 10.6 Å². The molecule has 1 N–H and O–H groups in total. The van der Waals surface area contributed by atoms with Crippen LogP contribution in [0.1, 0.15) is 52.0 Å². The van der Waals surface area contributed by atoms with Crippen LogP contribution in [-0.2, 0) is 11.8 Å². The Labute approximate surface area is 233 Å². The molecule has 1 spiro atoms. The molecule has 40 heavy (non-hydrogen) atoms. The average Bonchev–Trinajstić information content (AvgIpc) is 3.52. The van der Waals surface area contributed by atoms with Gasteiger partial charge in [0.25, 0.3) is 0 Å². The summed E-state index contributed by atoms with van der Waals surface area (Å²) in [4.78, 5) is 19.3. The van der Waals surface area contributed by atoms with Crippen molar-refractivity contribution in [2.45, 2.75) is 58.1 Å². The molecule has 206 valence electrons. The highest BCUT2D eigenvalue weighted by molar-refractivity contribution is 5.87. The zero-order valence-electron chi connectivity index (χ0n) is 23.4. The minimum atomic E-state index is -0.482. The number of hydrogen-bond donors (Lipinski definition) is 1. The molecule has 5 heterocycles. The molecule has 0 bridgehead atoms. The number of carbonyl (C=O) groups excluding carboxylic acids is 1. The van der Waals surface area contributed by atoms with Crippen LogP contribution < -0.4 is 10.2 Å². The molecule has 0 aromatic carbocycles. The van der Waals surface area contributed by atoms with Gasteiger partial charge in [0, 0.05) is 67.0 Å². The summed E-state index contributed by atoms with van der Waals surface area (Å²) in [7, 11) is 1.89. The first-order valence-electron chi connectivity index (χ1n) is 13.7. The number of aryl methyl sites for hydroxylation is 1. The van der Waals surface area contributed by atoms with E-state index < -0.39 is 5.60 Å². The van der Waals surface area contributed by atoms with Gasteiger partial charge >= 0.3 is 6.09 Å². The maximum Gasteiger partial charge on any atom is 0.407 e. The number of nitriles is 1. The molecular formula is C30H34N8O2. The van der Waals surface area contributed by atoms with Gasteiger partial charge in [-0.15, -0.1) is 0 Å². The average molecular weight is 539 g/mol. The van der Waals surface area contributed by atoms with Crippen LogP contribution in [0.15, 0.2) is 49.2 Å². The number of piperidine rings is 1. The fourth-order valence-corrected chi connectivity index (χ4v) is 6.06. The van der Waals surface area contributed by atoms with E-state index >= 15 is 0 Å². The van der Waals surface area contributed by atoms with Crippen LogP contribution in [-0.4, -0.2) is 55.2 Å². The Morgan fingerprint density at radius 1 is 1.07 bits per heavy atom. The van der Waals surface area contributed by atoms with E-state index in [1.54, 1.807) is 15.4 Å². The monoisotopic (exact) mass is 538 g/mol. The molecule has 0 atom stereocenters. The number of amides is 1. The number of carbonyl (C=O) groups is 1. The van der Waals surface area contributed by atoms with E-state index in [4.69, 9.17) is 9.72 Å². The summed E-state index contributed by atoms with van der Waals surface area (Å²) in [5, 5.41) is 21.5. The van der Waals surface area contributed by atoms with Crippen LogP contribution in [0.3, 0.4) is 0 Å². The third kappa shape index (κ3) is 4.99. The van der Waals surface area contributed by atoms with Crippen LogP contribution >= 0.6 is 0 Å². The van der Waals surface area contributed by atoms with Crippen molar-refractivity contribution in [1.82, 2.24) is 29.7 Å². The number of hydrogen-bond acceptors (Lipinski definition) is 7. The molecule has 10 heteroatoms. The second-order valence-corrected chi connectivity index (χ2v) is 12.2. The van der Waals surface area contributed by atoms with E-state index in [1.807, 2.05) is 52.6 Å². The standard InChI is InChI=1S/C30H34N8O2/c1-29(2,3)40-28(39)35-24-12-30(13-24)7-9-37(10-8-30)26-6-5-20(15-32-26)25-11-21(23-17-33-36(4)18-23)19-38-27(25)22(14-31)16-34-38/h5-6,11,15-19,24H,7-10,12-13H2,1-4H3,(H,35,39). The molecule has 4 aromatic heterocycles. The summed E-state index contributed by atoms with van der Waals surface area (Å²) in [6.45, 7) is 7.52. The number of nitrogens with one attached hydrogen (secondary N) is 1. The number of alkyl carbamates (subject to hydrolysis) is 1. The largest absolute Gasteiger partial charge is 0.444 e. The Bertz CT molecular complexity index is 1590. The molecule has 6 rings (SSSR count). The summed E-state index contributed by atoms with van der Waals surface area (Å²) in [5.41, 5.74) is 4.89. The van der Waals surface area contributed by atoms with Crippen molar-refractivity contribution in [3.05, 3.63) is 54.7 Å². The molecule has 1 amide bonds. The van der Waals surface area contributed by atoms with Crippen LogP contribution in [0, 0.1) is 16.7 Å². The minimum absolute atomic E-state index is 0.194. The Morgan fingerprint density at radius 3 is 2.48 bits per heavy atom. The second kappa shape index (κ2) is 9.66. The van der Waals surface area contributed by atoms with Gasteiger partial charge in [0.05, 0.1) is 23.5 Å². The lowest BCUT2D eigenvalue weighted by Crippen LogP contribution is -2.55. The topological polar surface area (TPSA) is 113 Å². The normalized spacial score (nSPS) is 17.0. The first-order chi connectivity index (χ1) is 19.1. The van der Waals surface area contributed by atoms with Crippen molar-refractivity contribution in [2.24, 2.45) is 12.5 Å². The molecule has 1 aliphatic heterocycles. The van der Waals surface area contributed by atoms with Gasteiger partial charge in [0.15, 0.2) is 0 Å². The molecule has 0 radical (unpaired) electrons.